The fourth-order valence-corrected chi connectivity index (χ4v) is 2.72. The van der Waals surface area contributed by atoms with E-state index < -0.39 is 11.6 Å². The number of nitrogens with one attached hydrogen (secondary N) is 1. The molecule has 0 radical (unpaired) electrons. The summed E-state index contributed by atoms with van der Waals surface area (Å²) < 4.78 is 27.3. The van der Waals surface area contributed by atoms with Crippen LogP contribution in [0.2, 0.25) is 0 Å². The molecule has 0 spiro atoms. The molecule has 6 heteroatoms. The summed E-state index contributed by atoms with van der Waals surface area (Å²) >= 11 is 3.03. The lowest BCUT2D eigenvalue weighted by Crippen LogP contribution is -2.52. The fourth-order valence-electron chi connectivity index (χ4n) is 2.39. The Kier molecular flexibility index (Phi) is 4.75. The third-order valence-corrected chi connectivity index (χ3v) is 3.86. The maximum atomic E-state index is 13.9. The third kappa shape index (κ3) is 3.17. The number of carbonyl (C=O) groups is 1. The van der Waals surface area contributed by atoms with Gasteiger partial charge in [-0.2, -0.15) is 0 Å². The molecular weight excluding hydrogens is 330 g/mol. The van der Waals surface area contributed by atoms with Crippen LogP contribution < -0.4 is 10.2 Å². The number of rotatable bonds is 3. The van der Waals surface area contributed by atoms with Crippen molar-refractivity contribution in [1.29, 1.82) is 0 Å². The van der Waals surface area contributed by atoms with Crippen LogP contribution in [0.4, 0.5) is 14.5 Å². The predicted molar refractivity (Wildman–Crippen MR) is 77.7 cm³/mol. The number of piperidine rings is 1. The molecular formula is C14H17BrF2N2O. The van der Waals surface area contributed by atoms with Gasteiger partial charge in [0.1, 0.15) is 11.6 Å². The fraction of sp³-hybridized carbons (Fsp3) is 0.500. The minimum Gasteiger partial charge on any atom is -0.308 e. The third-order valence-electron chi connectivity index (χ3n) is 3.25. The first-order chi connectivity index (χ1) is 9.40. The van der Waals surface area contributed by atoms with Crippen LogP contribution >= 0.6 is 15.9 Å². The molecule has 110 valence electrons. The molecule has 1 fully saturated rings. The van der Waals surface area contributed by atoms with Crippen molar-refractivity contribution >= 4 is 27.5 Å². The standard InChI is InChI=1S/C14H17BrF2N2O/c1-8(2)18-12-4-3-5-19(14(12)20)13-6-9(15)10(16)7-11(13)17/h6-8,12,18H,3-5H2,1-2H3. The molecule has 0 aliphatic carbocycles. The molecule has 1 aliphatic heterocycles. The summed E-state index contributed by atoms with van der Waals surface area (Å²) in [6.45, 7) is 4.37. The Morgan fingerprint density at radius 2 is 2.05 bits per heavy atom. The number of carbonyl (C=O) groups excluding carboxylic acids is 1. The molecule has 1 aromatic carbocycles. The van der Waals surface area contributed by atoms with Crippen LogP contribution in [0, 0.1) is 11.6 Å². The van der Waals surface area contributed by atoms with Crippen molar-refractivity contribution < 1.29 is 13.6 Å². The summed E-state index contributed by atoms with van der Waals surface area (Å²) in [6.07, 6.45) is 1.52. The molecule has 1 atom stereocenters. The number of halogens is 3. The van der Waals surface area contributed by atoms with Crippen LogP contribution in [-0.2, 0) is 4.79 Å². The molecule has 1 saturated heterocycles. The van der Waals surface area contributed by atoms with Crippen LogP contribution in [-0.4, -0.2) is 24.5 Å². The summed E-state index contributed by atoms with van der Waals surface area (Å²) in [4.78, 5) is 13.8. The highest BCUT2D eigenvalue weighted by Crippen LogP contribution is 2.29. The molecule has 0 bridgehead atoms. The zero-order valence-corrected chi connectivity index (χ0v) is 13.0. The number of amides is 1. The van der Waals surface area contributed by atoms with Gasteiger partial charge >= 0.3 is 0 Å². The SMILES string of the molecule is CC(C)NC1CCCN(c2cc(Br)c(F)cc2F)C1=O. The summed E-state index contributed by atoms with van der Waals surface area (Å²) in [5.41, 5.74) is 0.124. The Bertz CT molecular complexity index is 522. The quantitative estimate of drug-likeness (QED) is 0.852. The maximum absolute atomic E-state index is 13.9. The molecule has 1 aromatic rings. The lowest BCUT2D eigenvalue weighted by Gasteiger charge is -2.34. The molecule has 1 aliphatic rings. The van der Waals surface area contributed by atoms with Crippen molar-refractivity contribution in [3.8, 4) is 0 Å². The molecule has 0 aromatic heterocycles. The second-order valence-electron chi connectivity index (χ2n) is 5.22. The Labute approximate surface area is 125 Å². The van der Waals surface area contributed by atoms with Crippen molar-refractivity contribution in [2.24, 2.45) is 0 Å². The highest BCUT2D eigenvalue weighted by Gasteiger charge is 2.31. The van der Waals surface area contributed by atoms with E-state index in [1.165, 1.54) is 11.0 Å². The van der Waals surface area contributed by atoms with Gasteiger partial charge in [0.2, 0.25) is 5.91 Å². The first-order valence-electron chi connectivity index (χ1n) is 6.62. The highest BCUT2D eigenvalue weighted by atomic mass is 79.9. The molecule has 1 heterocycles. The van der Waals surface area contributed by atoms with Gasteiger partial charge in [-0.15, -0.1) is 0 Å². The molecule has 2 rings (SSSR count). The van der Waals surface area contributed by atoms with Crippen LogP contribution in [0.5, 0.6) is 0 Å². The van der Waals surface area contributed by atoms with Gasteiger partial charge in [0.25, 0.3) is 0 Å². The van der Waals surface area contributed by atoms with Gasteiger partial charge in [0.15, 0.2) is 0 Å². The van der Waals surface area contributed by atoms with Crippen LogP contribution in [0.15, 0.2) is 16.6 Å². The average Bonchev–Trinajstić information content (AvgIpc) is 2.36. The second-order valence-corrected chi connectivity index (χ2v) is 6.08. The van der Waals surface area contributed by atoms with E-state index in [1.54, 1.807) is 0 Å². The van der Waals surface area contributed by atoms with Gasteiger partial charge in [-0.25, -0.2) is 8.78 Å². The van der Waals surface area contributed by atoms with Gasteiger partial charge in [0, 0.05) is 18.7 Å². The molecule has 1 unspecified atom stereocenters. The van der Waals surface area contributed by atoms with Gasteiger partial charge in [-0.05, 0) is 34.8 Å². The molecule has 1 N–H and O–H groups in total. The van der Waals surface area contributed by atoms with E-state index in [0.717, 1.165) is 18.9 Å². The van der Waals surface area contributed by atoms with E-state index in [4.69, 9.17) is 0 Å². The highest BCUT2D eigenvalue weighted by molar-refractivity contribution is 9.10. The summed E-state index contributed by atoms with van der Waals surface area (Å²) in [6, 6.07) is 1.98. The van der Waals surface area contributed by atoms with Crippen LogP contribution in [0.1, 0.15) is 26.7 Å². The minimum absolute atomic E-state index is 0.124. The van der Waals surface area contributed by atoms with Crippen molar-refractivity contribution in [2.45, 2.75) is 38.8 Å². The van der Waals surface area contributed by atoms with E-state index in [1.807, 2.05) is 13.8 Å². The first kappa shape index (κ1) is 15.4. The van der Waals surface area contributed by atoms with Crippen molar-refractivity contribution in [2.75, 3.05) is 11.4 Å². The zero-order chi connectivity index (χ0) is 14.9. The summed E-state index contributed by atoms with van der Waals surface area (Å²) in [5.74, 6) is -1.56. The minimum atomic E-state index is -0.718. The smallest absolute Gasteiger partial charge is 0.244 e. The van der Waals surface area contributed by atoms with Crippen LogP contribution in [0.25, 0.3) is 0 Å². The lowest BCUT2D eigenvalue weighted by atomic mass is 10.0. The van der Waals surface area contributed by atoms with E-state index in [9.17, 15) is 13.6 Å². The van der Waals surface area contributed by atoms with Crippen LogP contribution in [0.3, 0.4) is 0 Å². The van der Waals surface area contributed by atoms with Crippen molar-refractivity contribution in [3.05, 3.63) is 28.2 Å². The van der Waals surface area contributed by atoms with E-state index >= 15 is 0 Å². The van der Waals surface area contributed by atoms with E-state index in [2.05, 4.69) is 21.2 Å². The molecule has 20 heavy (non-hydrogen) atoms. The van der Waals surface area contributed by atoms with Gasteiger partial charge in [-0.3, -0.25) is 4.79 Å². The topological polar surface area (TPSA) is 32.3 Å². The monoisotopic (exact) mass is 346 g/mol. The number of hydrogen-bond donors (Lipinski definition) is 1. The second kappa shape index (κ2) is 6.18. The molecule has 3 nitrogen and oxygen atoms in total. The average molecular weight is 347 g/mol. The number of hydrogen-bond acceptors (Lipinski definition) is 2. The number of benzene rings is 1. The largest absolute Gasteiger partial charge is 0.308 e. The van der Waals surface area contributed by atoms with Crippen molar-refractivity contribution in [3.63, 3.8) is 0 Å². The number of nitrogens with zero attached hydrogens (tertiary/aromatic N) is 1. The number of anilines is 1. The van der Waals surface area contributed by atoms with E-state index in [-0.39, 0.29) is 28.2 Å². The zero-order valence-electron chi connectivity index (χ0n) is 11.4. The van der Waals surface area contributed by atoms with Gasteiger partial charge in [-0.1, -0.05) is 13.8 Å². The normalized spacial score (nSPS) is 19.8. The Balaban J connectivity index is 2.28. The first-order valence-corrected chi connectivity index (χ1v) is 7.41. The summed E-state index contributed by atoms with van der Waals surface area (Å²) in [7, 11) is 0. The van der Waals surface area contributed by atoms with Gasteiger partial charge in [0.05, 0.1) is 16.2 Å². The lowest BCUT2D eigenvalue weighted by molar-refractivity contribution is -0.122. The Morgan fingerprint density at radius 1 is 1.35 bits per heavy atom. The van der Waals surface area contributed by atoms with E-state index in [0.29, 0.717) is 6.54 Å². The Hall–Kier alpha value is -1.01. The molecule has 1 amide bonds. The van der Waals surface area contributed by atoms with Crippen molar-refractivity contribution in [1.82, 2.24) is 5.32 Å². The maximum Gasteiger partial charge on any atom is 0.244 e. The predicted octanol–water partition coefficient (Wildman–Crippen LogP) is 3.22. The summed E-state index contributed by atoms with van der Waals surface area (Å²) in [5, 5.41) is 3.18. The Morgan fingerprint density at radius 3 is 2.70 bits per heavy atom. The molecule has 0 saturated carbocycles. The van der Waals surface area contributed by atoms with Gasteiger partial charge < -0.3 is 10.2 Å².